The maximum atomic E-state index is 14.5. The van der Waals surface area contributed by atoms with E-state index < -0.39 is 30.4 Å². The number of aryl methyl sites for hydroxylation is 1. The number of aromatic carboxylic acids is 1. The summed E-state index contributed by atoms with van der Waals surface area (Å²) in [6, 6.07) is 6.83. The fourth-order valence-electron chi connectivity index (χ4n) is 3.31. The molecule has 1 heterocycles. The van der Waals surface area contributed by atoms with Gasteiger partial charge >= 0.3 is 5.97 Å². The molecule has 0 bridgehead atoms. The molecule has 0 aliphatic heterocycles. The number of amides is 1. The Kier molecular flexibility index (Phi) is 7.36. The molecule has 0 saturated heterocycles. The summed E-state index contributed by atoms with van der Waals surface area (Å²) in [6.45, 7) is -0.976. The molecule has 1 atom stereocenters. The first-order chi connectivity index (χ1) is 15.7. The van der Waals surface area contributed by atoms with Crippen LogP contribution in [-0.4, -0.2) is 26.8 Å². The van der Waals surface area contributed by atoms with Gasteiger partial charge in [-0.1, -0.05) is 41.3 Å². The van der Waals surface area contributed by atoms with Crippen LogP contribution in [0.25, 0.3) is 0 Å². The molecule has 170 valence electrons. The van der Waals surface area contributed by atoms with E-state index in [0.717, 1.165) is 6.07 Å². The molecule has 0 aliphatic carbocycles. The number of nitrogens with one attached hydrogen (secondary N) is 1. The van der Waals surface area contributed by atoms with Gasteiger partial charge in [0.05, 0.1) is 32.6 Å². The van der Waals surface area contributed by atoms with E-state index in [9.17, 15) is 18.4 Å². The Labute approximate surface area is 198 Å². The minimum Gasteiger partial charge on any atom is -0.478 e. The third kappa shape index (κ3) is 5.16. The fourth-order valence-corrected chi connectivity index (χ4v) is 3.63. The van der Waals surface area contributed by atoms with Gasteiger partial charge in [0.15, 0.2) is 0 Å². The number of carbonyl (C=O) groups is 2. The van der Waals surface area contributed by atoms with E-state index in [4.69, 9.17) is 34.7 Å². The largest absolute Gasteiger partial charge is 0.478 e. The smallest absolute Gasteiger partial charge is 0.335 e. The van der Waals surface area contributed by atoms with Gasteiger partial charge in [0.1, 0.15) is 18.5 Å². The number of alkyl halides is 1. The molecule has 0 spiro atoms. The average molecular weight is 492 g/mol. The summed E-state index contributed by atoms with van der Waals surface area (Å²) >= 11 is 12.0. The van der Waals surface area contributed by atoms with E-state index in [1.165, 1.54) is 23.9 Å². The zero-order valence-electron chi connectivity index (χ0n) is 17.2. The zero-order valence-corrected chi connectivity index (χ0v) is 18.7. The van der Waals surface area contributed by atoms with Crippen LogP contribution in [0.1, 0.15) is 49.3 Å². The van der Waals surface area contributed by atoms with Crippen molar-refractivity contribution in [3.63, 3.8) is 0 Å². The molecule has 0 fully saturated rings. The van der Waals surface area contributed by atoms with Crippen LogP contribution in [0.5, 0.6) is 0 Å². The van der Waals surface area contributed by atoms with Crippen molar-refractivity contribution in [2.75, 3.05) is 0 Å². The molecule has 0 aliphatic rings. The summed E-state index contributed by atoms with van der Waals surface area (Å²) in [5, 5.41) is 16.4. The molecule has 10 heteroatoms. The number of carbonyl (C=O) groups excluding carboxylic acids is 1. The molecule has 33 heavy (non-hydrogen) atoms. The van der Waals surface area contributed by atoms with Gasteiger partial charge < -0.3 is 10.4 Å². The molecule has 1 aromatic heterocycles. The molecule has 0 saturated carbocycles. The van der Waals surface area contributed by atoms with E-state index in [0.29, 0.717) is 15.6 Å². The number of hydrogen-bond donors (Lipinski definition) is 2. The Bertz CT molecular complexity index is 1280. The normalized spacial score (nSPS) is 11.6. The zero-order chi connectivity index (χ0) is 24.3. The van der Waals surface area contributed by atoms with Crippen LogP contribution in [0.3, 0.4) is 0 Å². The Morgan fingerprint density at radius 2 is 1.97 bits per heavy atom. The molecule has 0 radical (unpaired) electrons. The highest BCUT2D eigenvalue weighted by Crippen LogP contribution is 2.26. The Morgan fingerprint density at radius 3 is 2.55 bits per heavy atom. The van der Waals surface area contributed by atoms with Gasteiger partial charge in [-0.3, -0.25) is 9.48 Å². The maximum absolute atomic E-state index is 14.5. The lowest BCUT2D eigenvalue weighted by molar-refractivity contribution is 0.0695. The first kappa shape index (κ1) is 24.2. The molecule has 1 amide bonds. The van der Waals surface area contributed by atoms with Crippen molar-refractivity contribution < 1.29 is 23.5 Å². The molecular weight excluding hydrogens is 475 g/mol. The Hall–Kier alpha value is -3.41. The van der Waals surface area contributed by atoms with Gasteiger partial charge in [0.2, 0.25) is 0 Å². The van der Waals surface area contributed by atoms with Crippen molar-refractivity contribution in [1.29, 1.82) is 0 Å². The molecular formula is C23H17Cl2F2N3O3. The van der Waals surface area contributed by atoms with E-state index in [-0.39, 0.29) is 34.5 Å². The highest BCUT2D eigenvalue weighted by Gasteiger charge is 2.26. The van der Waals surface area contributed by atoms with E-state index in [1.54, 1.807) is 18.2 Å². The number of benzene rings is 2. The number of hydrogen-bond acceptors (Lipinski definition) is 3. The highest BCUT2D eigenvalue weighted by molar-refractivity contribution is 6.42. The number of nitrogens with zero attached hydrogens (tertiary/aromatic N) is 2. The number of aromatic nitrogens is 2. The maximum Gasteiger partial charge on any atom is 0.335 e. The van der Waals surface area contributed by atoms with Crippen LogP contribution < -0.4 is 5.32 Å². The van der Waals surface area contributed by atoms with Gasteiger partial charge in [-0.2, -0.15) is 5.10 Å². The predicted molar refractivity (Wildman–Crippen MR) is 120 cm³/mol. The molecule has 1 unspecified atom stereocenters. The van der Waals surface area contributed by atoms with Crippen LogP contribution in [0.15, 0.2) is 36.4 Å². The lowest BCUT2D eigenvalue weighted by atomic mass is 10.0. The molecule has 2 aromatic carbocycles. The third-order valence-electron chi connectivity index (χ3n) is 4.95. The topological polar surface area (TPSA) is 84.2 Å². The van der Waals surface area contributed by atoms with Crippen molar-refractivity contribution in [3.05, 3.63) is 85.9 Å². The fraction of sp³-hybridized carbons (Fsp3) is 0.174. The van der Waals surface area contributed by atoms with Gasteiger partial charge in [-0.25, -0.2) is 13.6 Å². The molecule has 6 nitrogen and oxygen atoms in total. The quantitative estimate of drug-likeness (QED) is 0.468. The number of carboxylic acids is 1. The number of terminal acetylenes is 1. The molecule has 3 rings (SSSR count). The Morgan fingerprint density at radius 1 is 1.24 bits per heavy atom. The van der Waals surface area contributed by atoms with Gasteiger partial charge in [0.25, 0.3) is 5.91 Å². The monoisotopic (exact) mass is 491 g/mol. The second kappa shape index (κ2) is 10.0. The lowest BCUT2D eigenvalue weighted by Gasteiger charge is -2.15. The van der Waals surface area contributed by atoms with Crippen LogP contribution in [0.4, 0.5) is 8.78 Å². The van der Waals surface area contributed by atoms with Crippen LogP contribution in [-0.2, 0) is 20.1 Å². The van der Waals surface area contributed by atoms with Crippen molar-refractivity contribution >= 4 is 35.1 Å². The standard InChI is InChI=1S/C23H17Cl2F2N3O3/c1-3-18(14-6-5-13(23(32)33)10-17(14)27)28-22(31)21-19(29-30(2)20(21)11-26)9-12-4-7-15(24)16(25)8-12/h1,4-8,10,18H,9,11H2,2H3,(H,28,31)(H,32,33). The first-order valence-electron chi connectivity index (χ1n) is 9.50. The number of halogens is 4. The summed E-state index contributed by atoms with van der Waals surface area (Å²) in [4.78, 5) is 24.1. The van der Waals surface area contributed by atoms with Crippen molar-refractivity contribution in [2.24, 2.45) is 7.05 Å². The minimum atomic E-state index is -1.31. The number of rotatable bonds is 7. The van der Waals surface area contributed by atoms with Gasteiger partial charge in [-0.15, -0.1) is 6.42 Å². The van der Waals surface area contributed by atoms with E-state index >= 15 is 0 Å². The number of carboxylic acid groups (broad SMARTS) is 1. The third-order valence-corrected chi connectivity index (χ3v) is 5.69. The summed E-state index contributed by atoms with van der Waals surface area (Å²) in [7, 11) is 1.49. The van der Waals surface area contributed by atoms with Crippen LogP contribution in [0.2, 0.25) is 10.0 Å². The van der Waals surface area contributed by atoms with E-state index in [2.05, 4.69) is 16.3 Å². The minimum absolute atomic E-state index is 0.0139. The van der Waals surface area contributed by atoms with Crippen LogP contribution >= 0.6 is 23.2 Å². The van der Waals surface area contributed by atoms with Gasteiger partial charge in [-0.05, 0) is 29.8 Å². The summed E-state index contributed by atoms with van der Waals surface area (Å²) in [5.74, 6) is -0.697. The molecule has 3 aromatic rings. The summed E-state index contributed by atoms with van der Waals surface area (Å²) in [6.07, 6.45) is 5.65. The highest BCUT2D eigenvalue weighted by atomic mass is 35.5. The Balaban J connectivity index is 1.94. The SMILES string of the molecule is C#CC(NC(=O)c1c(Cc2ccc(Cl)c(Cl)c2)nn(C)c1CF)c1ccc(C(=O)O)cc1F. The second-order valence-corrected chi connectivity index (χ2v) is 7.88. The first-order valence-corrected chi connectivity index (χ1v) is 10.3. The summed E-state index contributed by atoms with van der Waals surface area (Å²) < 4.78 is 29.5. The average Bonchev–Trinajstić information content (AvgIpc) is 3.09. The second-order valence-electron chi connectivity index (χ2n) is 7.07. The lowest BCUT2D eigenvalue weighted by Crippen LogP contribution is -2.29. The van der Waals surface area contributed by atoms with Crippen molar-refractivity contribution in [1.82, 2.24) is 15.1 Å². The summed E-state index contributed by atoms with van der Waals surface area (Å²) in [5.41, 5.74) is 0.556. The predicted octanol–water partition coefficient (Wildman–Crippen LogP) is 4.73. The van der Waals surface area contributed by atoms with E-state index in [1.807, 2.05) is 0 Å². The van der Waals surface area contributed by atoms with Crippen molar-refractivity contribution in [3.8, 4) is 12.3 Å². The molecule has 2 N–H and O–H groups in total. The van der Waals surface area contributed by atoms with Crippen LogP contribution in [0, 0.1) is 18.2 Å². The van der Waals surface area contributed by atoms with Crippen molar-refractivity contribution in [2.45, 2.75) is 19.1 Å². The van der Waals surface area contributed by atoms with Gasteiger partial charge in [0, 0.05) is 19.0 Å².